The maximum absolute atomic E-state index is 13.5. The second-order valence-corrected chi connectivity index (χ2v) is 9.90. The van der Waals surface area contributed by atoms with Crippen molar-refractivity contribution >= 4 is 35.2 Å². The Morgan fingerprint density at radius 3 is 2.68 bits per heavy atom. The molecule has 3 saturated heterocycles. The number of aliphatic hydroxyl groups excluding tert-OH is 1. The number of rotatable bonds is 7. The zero-order chi connectivity index (χ0) is 22.3. The number of benzene rings is 1. The zero-order valence-electron chi connectivity index (χ0n) is 17.9. The molecule has 3 fully saturated rings. The second-order valence-electron chi connectivity index (χ2n) is 8.30. The number of esters is 1. The fourth-order valence-electron chi connectivity index (χ4n) is 5.34. The number of aliphatic hydroxyl groups is 1. The topological polar surface area (TPSA) is 105 Å². The molecule has 0 aromatic heterocycles. The molecule has 9 heteroatoms. The SMILES string of the molecule is CCOC(=O)[C@@H]1[C@H]2C(=O)N([C@H](C)CO)C(C(=O)Nc3ccc(OC)cc3)C23CC[C@H]1S3. The lowest BCUT2D eigenvalue weighted by atomic mass is 9.71. The Hall–Kier alpha value is -2.26. The van der Waals surface area contributed by atoms with E-state index in [2.05, 4.69) is 5.32 Å². The van der Waals surface area contributed by atoms with Gasteiger partial charge < -0.3 is 24.8 Å². The van der Waals surface area contributed by atoms with Crippen molar-refractivity contribution in [2.24, 2.45) is 11.8 Å². The summed E-state index contributed by atoms with van der Waals surface area (Å²) in [7, 11) is 1.57. The Labute approximate surface area is 185 Å². The monoisotopic (exact) mass is 448 g/mol. The van der Waals surface area contributed by atoms with Crippen LogP contribution in [0.25, 0.3) is 0 Å². The lowest BCUT2D eigenvalue weighted by Gasteiger charge is -2.35. The first kappa shape index (κ1) is 22.0. The summed E-state index contributed by atoms with van der Waals surface area (Å²) >= 11 is 1.57. The van der Waals surface area contributed by atoms with Crippen LogP contribution in [-0.2, 0) is 19.1 Å². The number of methoxy groups -OCH3 is 1. The van der Waals surface area contributed by atoms with Crippen LogP contribution >= 0.6 is 11.8 Å². The van der Waals surface area contributed by atoms with Gasteiger partial charge in [-0.15, -0.1) is 11.8 Å². The van der Waals surface area contributed by atoms with Crippen molar-refractivity contribution in [2.75, 3.05) is 25.6 Å². The predicted octanol–water partition coefficient (Wildman–Crippen LogP) is 1.67. The highest BCUT2D eigenvalue weighted by Gasteiger charge is 2.74. The number of anilines is 1. The number of carbonyl (C=O) groups is 3. The van der Waals surface area contributed by atoms with E-state index in [0.717, 1.165) is 6.42 Å². The molecule has 2 bridgehead atoms. The molecule has 31 heavy (non-hydrogen) atoms. The van der Waals surface area contributed by atoms with Crippen LogP contribution in [0, 0.1) is 11.8 Å². The molecule has 1 spiro atoms. The molecule has 8 nitrogen and oxygen atoms in total. The third-order valence-electron chi connectivity index (χ3n) is 6.64. The Bertz CT molecular complexity index is 877. The summed E-state index contributed by atoms with van der Waals surface area (Å²) in [6.07, 6.45) is 1.43. The van der Waals surface area contributed by atoms with Gasteiger partial charge in [0, 0.05) is 10.9 Å². The largest absolute Gasteiger partial charge is 0.497 e. The lowest BCUT2D eigenvalue weighted by Crippen LogP contribution is -2.54. The van der Waals surface area contributed by atoms with E-state index in [1.807, 2.05) is 0 Å². The normalized spacial score (nSPS) is 32.0. The second kappa shape index (κ2) is 8.35. The molecule has 4 rings (SSSR count). The van der Waals surface area contributed by atoms with Crippen molar-refractivity contribution in [3.63, 3.8) is 0 Å². The number of hydrogen-bond acceptors (Lipinski definition) is 7. The van der Waals surface area contributed by atoms with Crippen molar-refractivity contribution in [1.29, 1.82) is 0 Å². The van der Waals surface area contributed by atoms with Gasteiger partial charge in [-0.3, -0.25) is 14.4 Å². The fourth-order valence-corrected chi connectivity index (χ4v) is 7.54. The van der Waals surface area contributed by atoms with Gasteiger partial charge in [0.05, 0.1) is 42.9 Å². The molecular weight excluding hydrogens is 420 g/mol. The van der Waals surface area contributed by atoms with Gasteiger partial charge in [-0.25, -0.2) is 0 Å². The van der Waals surface area contributed by atoms with Gasteiger partial charge in [-0.1, -0.05) is 0 Å². The summed E-state index contributed by atoms with van der Waals surface area (Å²) in [5, 5.41) is 12.7. The van der Waals surface area contributed by atoms with Crippen molar-refractivity contribution in [3.05, 3.63) is 24.3 Å². The average Bonchev–Trinajstić information content (AvgIpc) is 3.41. The minimum Gasteiger partial charge on any atom is -0.497 e. The summed E-state index contributed by atoms with van der Waals surface area (Å²) in [6, 6.07) is 5.66. The van der Waals surface area contributed by atoms with Crippen molar-refractivity contribution in [2.45, 2.75) is 48.8 Å². The third kappa shape index (κ3) is 3.38. The summed E-state index contributed by atoms with van der Waals surface area (Å²) in [6.45, 7) is 3.45. The average molecular weight is 449 g/mol. The maximum atomic E-state index is 13.5. The lowest BCUT2D eigenvalue weighted by molar-refractivity contribution is -0.154. The molecule has 6 atom stereocenters. The summed E-state index contributed by atoms with van der Waals surface area (Å²) in [4.78, 5) is 41.3. The van der Waals surface area contributed by atoms with Gasteiger partial charge in [0.15, 0.2) is 0 Å². The molecule has 168 valence electrons. The molecule has 3 heterocycles. The van der Waals surface area contributed by atoms with E-state index in [1.165, 1.54) is 4.90 Å². The van der Waals surface area contributed by atoms with Crippen LogP contribution in [0.5, 0.6) is 5.75 Å². The van der Waals surface area contributed by atoms with Crippen molar-refractivity contribution in [1.82, 2.24) is 4.90 Å². The van der Waals surface area contributed by atoms with Crippen LogP contribution < -0.4 is 10.1 Å². The highest BCUT2D eigenvalue weighted by atomic mass is 32.2. The maximum Gasteiger partial charge on any atom is 0.310 e. The predicted molar refractivity (Wildman–Crippen MR) is 116 cm³/mol. The van der Waals surface area contributed by atoms with E-state index >= 15 is 0 Å². The van der Waals surface area contributed by atoms with E-state index in [1.54, 1.807) is 57.0 Å². The van der Waals surface area contributed by atoms with E-state index in [-0.39, 0.29) is 36.2 Å². The van der Waals surface area contributed by atoms with Crippen LogP contribution in [0.15, 0.2) is 24.3 Å². The van der Waals surface area contributed by atoms with Crippen molar-refractivity contribution < 1.29 is 29.0 Å². The molecule has 3 aliphatic heterocycles. The molecular formula is C22H28N2O6S. The number of likely N-dealkylation sites (tertiary alicyclic amines) is 1. The van der Waals surface area contributed by atoms with Crippen LogP contribution in [0.2, 0.25) is 0 Å². The molecule has 1 aromatic carbocycles. The summed E-state index contributed by atoms with van der Waals surface area (Å²) in [5.74, 6) is -1.42. The van der Waals surface area contributed by atoms with E-state index in [4.69, 9.17) is 9.47 Å². The van der Waals surface area contributed by atoms with Gasteiger partial charge in [-0.05, 0) is 51.0 Å². The quantitative estimate of drug-likeness (QED) is 0.612. The molecule has 0 radical (unpaired) electrons. The minimum absolute atomic E-state index is 0.0316. The standard InChI is InChI=1S/C22H28N2O6S/c1-4-30-21(28)16-15-9-10-22(31-15)17(16)20(27)24(12(2)11-25)18(22)19(26)23-13-5-7-14(29-3)8-6-13/h5-8,12,15-18,25H,4,9-11H2,1-3H3,(H,23,26)/t12-,15-,16+,17+,18?,22?/m1/s1. The summed E-state index contributed by atoms with van der Waals surface area (Å²) < 4.78 is 9.75. The van der Waals surface area contributed by atoms with Gasteiger partial charge in [-0.2, -0.15) is 0 Å². The first-order valence-corrected chi connectivity index (χ1v) is 11.5. The molecule has 0 aliphatic carbocycles. The number of hydrogen-bond donors (Lipinski definition) is 2. The van der Waals surface area contributed by atoms with Crippen LogP contribution in [-0.4, -0.2) is 70.2 Å². The smallest absolute Gasteiger partial charge is 0.310 e. The first-order valence-electron chi connectivity index (χ1n) is 10.6. The number of ether oxygens (including phenoxy) is 2. The highest BCUT2D eigenvalue weighted by Crippen LogP contribution is 2.66. The van der Waals surface area contributed by atoms with E-state index in [9.17, 15) is 19.5 Å². The number of thioether (sulfide) groups is 1. The fraction of sp³-hybridized carbons (Fsp3) is 0.591. The van der Waals surface area contributed by atoms with Gasteiger partial charge >= 0.3 is 5.97 Å². The van der Waals surface area contributed by atoms with Crippen LogP contribution in [0.3, 0.4) is 0 Å². The molecule has 2 N–H and O–H groups in total. The molecule has 3 aliphatic rings. The van der Waals surface area contributed by atoms with Gasteiger partial charge in [0.2, 0.25) is 11.8 Å². The minimum atomic E-state index is -0.774. The Balaban J connectivity index is 1.68. The Kier molecular flexibility index (Phi) is 5.91. The van der Waals surface area contributed by atoms with Crippen LogP contribution in [0.4, 0.5) is 5.69 Å². The molecule has 0 saturated carbocycles. The highest BCUT2D eigenvalue weighted by molar-refractivity contribution is 8.02. The van der Waals surface area contributed by atoms with Gasteiger partial charge in [0.25, 0.3) is 0 Å². The molecule has 1 aromatic rings. The molecule has 2 amide bonds. The number of carbonyl (C=O) groups excluding carboxylic acids is 3. The number of nitrogens with zero attached hydrogens (tertiary/aromatic N) is 1. The molecule has 2 unspecified atom stereocenters. The first-order chi connectivity index (χ1) is 14.9. The number of nitrogens with one attached hydrogen (secondary N) is 1. The summed E-state index contributed by atoms with van der Waals surface area (Å²) in [5.41, 5.74) is 0.592. The Morgan fingerprint density at radius 2 is 2.06 bits per heavy atom. The van der Waals surface area contributed by atoms with Crippen molar-refractivity contribution in [3.8, 4) is 5.75 Å². The van der Waals surface area contributed by atoms with E-state index in [0.29, 0.717) is 17.9 Å². The third-order valence-corrected chi connectivity index (χ3v) is 8.59. The number of fused-ring (bicyclic) bond motifs is 1. The zero-order valence-corrected chi connectivity index (χ0v) is 18.7. The Morgan fingerprint density at radius 1 is 1.35 bits per heavy atom. The van der Waals surface area contributed by atoms with Crippen LogP contribution in [0.1, 0.15) is 26.7 Å². The van der Waals surface area contributed by atoms with E-state index < -0.39 is 28.7 Å². The van der Waals surface area contributed by atoms with Gasteiger partial charge in [0.1, 0.15) is 11.8 Å². The number of amides is 2.